The summed E-state index contributed by atoms with van der Waals surface area (Å²) in [6, 6.07) is 18.0. The van der Waals surface area contributed by atoms with Crippen LogP contribution in [-0.4, -0.2) is 28.7 Å². The number of hydrogen-bond acceptors (Lipinski definition) is 3. The molecule has 2 N–H and O–H groups in total. The third-order valence-electron chi connectivity index (χ3n) is 5.60. The smallest absolute Gasteiger partial charge is 0.299 e. The van der Waals surface area contributed by atoms with E-state index >= 15 is 0 Å². The zero-order chi connectivity index (χ0) is 23.3. The van der Waals surface area contributed by atoms with E-state index in [1.807, 2.05) is 45.0 Å². The van der Waals surface area contributed by atoms with E-state index in [9.17, 15) is 8.42 Å². The summed E-state index contributed by atoms with van der Waals surface area (Å²) in [6.45, 7) is 8.18. The van der Waals surface area contributed by atoms with Gasteiger partial charge in [0.1, 0.15) is 0 Å². The highest BCUT2D eigenvalue weighted by Gasteiger charge is 2.36. The molecule has 0 spiro atoms. The molecular formula is C25H40N2O3S. The van der Waals surface area contributed by atoms with Gasteiger partial charge in [0.2, 0.25) is 0 Å². The van der Waals surface area contributed by atoms with E-state index in [0.29, 0.717) is 5.69 Å². The van der Waals surface area contributed by atoms with Crippen LogP contribution in [0.25, 0.3) is 0 Å². The van der Waals surface area contributed by atoms with Crippen molar-refractivity contribution in [1.82, 2.24) is 4.72 Å². The van der Waals surface area contributed by atoms with Gasteiger partial charge >= 0.3 is 0 Å². The number of rotatable bonds is 6. The molecule has 2 aromatic rings. The molecule has 6 heteroatoms. The van der Waals surface area contributed by atoms with E-state index in [1.54, 1.807) is 20.3 Å². The van der Waals surface area contributed by atoms with E-state index < -0.39 is 10.2 Å². The Hall–Kier alpha value is -1.89. The molecule has 0 aromatic heterocycles. The molecule has 1 aliphatic rings. The molecule has 1 saturated carbocycles. The van der Waals surface area contributed by atoms with Gasteiger partial charge in [-0.2, -0.15) is 13.1 Å². The Labute approximate surface area is 189 Å². The van der Waals surface area contributed by atoms with Crippen molar-refractivity contribution < 1.29 is 13.2 Å². The van der Waals surface area contributed by atoms with Crippen LogP contribution in [0.2, 0.25) is 0 Å². The van der Waals surface area contributed by atoms with Crippen LogP contribution in [0.15, 0.2) is 54.6 Å². The molecule has 1 aliphatic carbocycles. The second kappa shape index (κ2) is 13.5. The van der Waals surface area contributed by atoms with Crippen molar-refractivity contribution >= 4 is 15.9 Å². The van der Waals surface area contributed by atoms with Gasteiger partial charge in [-0.3, -0.25) is 4.72 Å². The van der Waals surface area contributed by atoms with Gasteiger partial charge in [-0.25, -0.2) is 0 Å². The average molecular weight is 449 g/mol. The highest BCUT2D eigenvalue weighted by Crippen LogP contribution is 2.42. The third-order valence-corrected chi connectivity index (χ3v) is 6.75. The number of aryl methyl sites for hydroxylation is 1. The number of nitrogens with one attached hydrogen (secondary N) is 2. The van der Waals surface area contributed by atoms with Crippen LogP contribution in [0.3, 0.4) is 0 Å². The van der Waals surface area contributed by atoms with Gasteiger partial charge in [-0.05, 0) is 67.7 Å². The molecule has 3 rings (SSSR count). The van der Waals surface area contributed by atoms with E-state index in [0.717, 1.165) is 37.7 Å². The molecule has 0 bridgehead atoms. The van der Waals surface area contributed by atoms with Crippen molar-refractivity contribution in [3.8, 4) is 0 Å². The number of methoxy groups -OCH3 is 1. The fourth-order valence-electron chi connectivity index (χ4n) is 4.04. The Kier molecular flexibility index (Phi) is 11.8. The second-order valence-corrected chi connectivity index (χ2v) is 9.22. The largest absolute Gasteiger partial charge is 0.388 e. The van der Waals surface area contributed by atoms with Crippen LogP contribution < -0.4 is 9.44 Å². The van der Waals surface area contributed by atoms with Crippen molar-refractivity contribution in [2.75, 3.05) is 18.9 Å². The predicted molar refractivity (Wildman–Crippen MR) is 132 cm³/mol. The van der Waals surface area contributed by atoms with Crippen molar-refractivity contribution in [2.24, 2.45) is 0 Å². The minimum atomic E-state index is -3.56. The number of benzene rings is 2. The average Bonchev–Trinajstić information content (AvgIpc) is 2.76. The van der Waals surface area contributed by atoms with Crippen molar-refractivity contribution in [2.45, 2.75) is 71.3 Å². The Bertz CT molecular complexity index is 846. The molecule has 0 atom stereocenters. The second-order valence-electron chi connectivity index (χ2n) is 7.78. The van der Waals surface area contributed by atoms with Gasteiger partial charge in [0.05, 0.1) is 0 Å². The summed E-state index contributed by atoms with van der Waals surface area (Å²) in [4.78, 5) is 0. The maximum atomic E-state index is 12.5. The lowest BCUT2D eigenvalue weighted by molar-refractivity contribution is 0.253. The summed E-state index contributed by atoms with van der Waals surface area (Å²) < 4.78 is 34.6. The Morgan fingerprint density at radius 1 is 1.00 bits per heavy atom. The first-order chi connectivity index (χ1) is 14.8. The summed E-state index contributed by atoms with van der Waals surface area (Å²) in [5, 5.41) is 0. The molecule has 174 valence electrons. The van der Waals surface area contributed by atoms with Crippen LogP contribution >= 0.6 is 0 Å². The molecule has 0 saturated heterocycles. The molecule has 5 nitrogen and oxygen atoms in total. The SMILES string of the molecule is CC.CCC1(c2ccccc2)CCC(NS(=O)(=O)Nc2cccc(C)c2)CC1.COC. The summed E-state index contributed by atoms with van der Waals surface area (Å²) >= 11 is 0. The summed E-state index contributed by atoms with van der Waals surface area (Å²) in [7, 11) is -0.310. The minimum Gasteiger partial charge on any atom is -0.388 e. The maximum Gasteiger partial charge on any atom is 0.299 e. The van der Waals surface area contributed by atoms with Crippen molar-refractivity contribution in [1.29, 1.82) is 0 Å². The lowest BCUT2D eigenvalue weighted by Crippen LogP contribution is -2.44. The van der Waals surface area contributed by atoms with Crippen LogP contribution in [0.1, 0.15) is 64.0 Å². The van der Waals surface area contributed by atoms with E-state index in [2.05, 4.69) is 45.4 Å². The first-order valence-electron chi connectivity index (χ1n) is 11.2. The third kappa shape index (κ3) is 8.63. The molecule has 0 aliphatic heterocycles. The Morgan fingerprint density at radius 2 is 1.58 bits per heavy atom. The van der Waals surface area contributed by atoms with Gasteiger partial charge in [-0.15, -0.1) is 0 Å². The van der Waals surface area contributed by atoms with Crippen LogP contribution in [-0.2, 0) is 20.4 Å². The fourth-order valence-corrected chi connectivity index (χ4v) is 5.21. The zero-order valence-corrected chi connectivity index (χ0v) is 20.8. The maximum absolute atomic E-state index is 12.5. The first kappa shape index (κ1) is 27.1. The minimum absolute atomic E-state index is 0.0132. The van der Waals surface area contributed by atoms with E-state index in [-0.39, 0.29) is 11.5 Å². The molecule has 0 amide bonds. The van der Waals surface area contributed by atoms with Gasteiger partial charge in [0.25, 0.3) is 10.2 Å². The Morgan fingerprint density at radius 3 is 2.10 bits per heavy atom. The van der Waals surface area contributed by atoms with Crippen molar-refractivity contribution in [3.63, 3.8) is 0 Å². The standard InChI is InChI=1S/C21H28N2O2S.C2H6O.C2H6/c1-3-21(18-9-5-4-6-10-18)14-12-19(13-15-21)22-26(24,25)23-20-11-7-8-17(2)16-20;1-3-2;1-2/h4-11,16,19,22-23H,3,12-15H2,1-2H3;1-2H3;1-2H3. The lowest BCUT2D eigenvalue weighted by atomic mass is 9.67. The first-order valence-corrected chi connectivity index (χ1v) is 12.6. The normalized spacial score (nSPS) is 20.5. The number of ether oxygens (including phenoxy) is 1. The van der Waals surface area contributed by atoms with Crippen LogP contribution in [0.5, 0.6) is 0 Å². The number of anilines is 1. The molecule has 31 heavy (non-hydrogen) atoms. The van der Waals surface area contributed by atoms with Crippen LogP contribution in [0.4, 0.5) is 5.69 Å². The van der Waals surface area contributed by atoms with Crippen LogP contribution in [0, 0.1) is 6.92 Å². The summed E-state index contributed by atoms with van der Waals surface area (Å²) in [5.41, 5.74) is 3.17. The number of hydrogen-bond donors (Lipinski definition) is 2. The summed E-state index contributed by atoms with van der Waals surface area (Å²) in [6.07, 6.45) is 4.81. The quantitative estimate of drug-likeness (QED) is 0.585. The molecule has 2 aromatic carbocycles. The fraction of sp³-hybridized carbons (Fsp3) is 0.520. The molecule has 0 unspecified atom stereocenters. The highest BCUT2D eigenvalue weighted by atomic mass is 32.2. The summed E-state index contributed by atoms with van der Waals surface area (Å²) in [5.74, 6) is 0. The monoisotopic (exact) mass is 448 g/mol. The van der Waals surface area contributed by atoms with Gasteiger partial charge < -0.3 is 4.74 Å². The van der Waals surface area contributed by atoms with E-state index in [4.69, 9.17) is 0 Å². The zero-order valence-electron chi connectivity index (χ0n) is 19.9. The lowest BCUT2D eigenvalue weighted by Gasteiger charge is -2.40. The van der Waals surface area contributed by atoms with Crippen molar-refractivity contribution in [3.05, 3.63) is 65.7 Å². The molecular weight excluding hydrogens is 408 g/mol. The highest BCUT2D eigenvalue weighted by molar-refractivity contribution is 7.90. The predicted octanol–water partition coefficient (Wildman–Crippen LogP) is 5.82. The molecule has 0 radical (unpaired) electrons. The van der Waals surface area contributed by atoms with E-state index in [1.165, 1.54) is 5.56 Å². The Balaban J connectivity index is 0.000000884. The molecule has 0 heterocycles. The van der Waals surface area contributed by atoms with Gasteiger partial charge in [0, 0.05) is 25.9 Å². The van der Waals surface area contributed by atoms with Gasteiger partial charge in [0.15, 0.2) is 0 Å². The topological polar surface area (TPSA) is 67.4 Å². The molecule has 1 fully saturated rings. The van der Waals surface area contributed by atoms with Gasteiger partial charge in [-0.1, -0.05) is 63.2 Å².